The molecule has 190 valence electrons. The molecule has 0 spiro atoms. The van der Waals surface area contributed by atoms with Crippen molar-refractivity contribution in [1.82, 2.24) is 4.90 Å². The summed E-state index contributed by atoms with van der Waals surface area (Å²) in [5, 5.41) is 0. The monoisotopic (exact) mass is 480 g/mol. The van der Waals surface area contributed by atoms with E-state index in [1.807, 2.05) is 23.1 Å². The molecule has 2 aromatic rings. The van der Waals surface area contributed by atoms with Crippen LogP contribution in [0.15, 0.2) is 36.4 Å². The molecule has 3 rings (SSSR count). The van der Waals surface area contributed by atoms with Crippen LogP contribution in [-0.4, -0.2) is 57.8 Å². The van der Waals surface area contributed by atoms with Crippen molar-refractivity contribution < 1.29 is 19.0 Å². The Balaban J connectivity index is 1.61. The third-order valence-corrected chi connectivity index (χ3v) is 6.43. The molecule has 0 radical (unpaired) electrons. The van der Waals surface area contributed by atoms with E-state index in [-0.39, 0.29) is 5.91 Å². The maximum absolute atomic E-state index is 12.9. The number of carbonyl (C=O) groups excluding carboxylic acids is 1. The molecule has 1 saturated heterocycles. The zero-order valence-electron chi connectivity index (χ0n) is 21.9. The zero-order valence-corrected chi connectivity index (χ0v) is 21.9. The van der Waals surface area contributed by atoms with Crippen LogP contribution in [0.5, 0.6) is 17.2 Å². The molecule has 2 aromatic carbocycles. The molecule has 1 aliphatic heterocycles. The predicted molar refractivity (Wildman–Crippen MR) is 143 cm³/mol. The normalized spacial score (nSPS) is 13.9. The fourth-order valence-corrected chi connectivity index (χ4v) is 4.44. The quantitative estimate of drug-likeness (QED) is 0.308. The summed E-state index contributed by atoms with van der Waals surface area (Å²) in [7, 11) is 3.24. The lowest BCUT2D eigenvalue weighted by molar-refractivity contribution is -0.126. The van der Waals surface area contributed by atoms with Crippen LogP contribution in [0.1, 0.15) is 49.3 Å². The van der Waals surface area contributed by atoms with E-state index in [2.05, 4.69) is 43.9 Å². The average molecular weight is 481 g/mol. The first-order chi connectivity index (χ1) is 17.0. The Morgan fingerprint density at radius 1 is 0.943 bits per heavy atom. The number of benzene rings is 2. The highest BCUT2D eigenvalue weighted by molar-refractivity contribution is 5.92. The average Bonchev–Trinajstić information content (AvgIpc) is 2.87. The van der Waals surface area contributed by atoms with E-state index in [0.29, 0.717) is 36.9 Å². The third kappa shape index (κ3) is 7.17. The second kappa shape index (κ2) is 13.1. The maximum Gasteiger partial charge on any atom is 0.246 e. The molecule has 0 unspecified atom stereocenters. The maximum atomic E-state index is 12.9. The van der Waals surface area contributed by atoms with Gasteiger partial charge >= 0.3 is 0 Å². The van der Waals surface area contributed by atoms with Crippen molar-refractivity contribution in [1.29, 1.82) is 0 Å². The molecule has 0 saturated carbocycles. The van der Waals surface area contributed by atoms with Gasteiger partial charge in [0.2, 0.25) is 11.7 Å². The van der Waals surface area contributed by atoms with Gasteiger partial charge in [0, 0.05) is 37.9 Å². The van der Waals surface area contributed by atoms with Gasteiger partial charge in [-0.25, -0.2) is 0 Å². The van der Waals surface area contributed by atoms with Gasteiger partial charge in [0.1, 0.15) is 0 Å². The van der Waals surface area contributed by atoms with Gasteiger partial charge in [-0.2, -0.15) is 0 Å². The van der Waals surface area contributed by atoms with Crippen molar-refractivity contribution in [2.24, 2.45) is 0 Å². The lowest BCUT2D eigenvalue weighted by Crippen LogP contribution is -2.48. The number of amides is 1. The van der Waals surface area contributed by atoms with Crippen LogP contribution < -0.4 is 19.1 Å². The lowest BCUT2D eigenvalue weighted by Gasteiger charge is -2.36. The number of aryl methyl sites for hydroxylation is 2. The van der Waals surface area contributed by atoms with Crippen LogP contribution in [-0.2, 0) is 4.79 Å². The summed E-state index contributed by atoms with van der Waals surface area (Å²) in [5.41, 5.74) is 4.63. The highest BCUT2D eigenvalue weighted by Gasteiger charge is 2.21. The van der Waals surface area contributed by atoms with Gasteiger partial charge in [0.25, 0.3) is 0 Å². The Morgan fingerprint density at radius 2 is 1.63 bits per heavy atom. The van der Waals surface area contributed by atoms with Crippen molar-refractivity contribution in [3.8, 4) is 17.2 Å². The van der Waals surface area contributed by atoms with E-state index < -0.39 is 0 Å². The Hall–Kier alpha value is -3.15. The van der Waals surface area contributed by atoms with Crippen molar-refractivity contribution in [2.45, 2.75) is 46.5 Å². The molecule has 0 atom stereocenters. The molecule has 35 heavy (non-hydrogen) atoms. The minimum atomic E-state index is 0.0134. The molecule has 0 aliphatic carbocycles. The number of methoxy groups -OCH3 is 2. The van der Waals surface area contributed by atoms with Crippen LogP contribution in [0.2, 0.25) is 0 Å². The molecular formula is C29H40N2O4. The van der Waals surface area contributed by atoms with Gasteiger partial charge in [-0.1, -0.05) is 43.9 Å². The van der Waals surface area contributed by atoms with Crippen LogP contribution in [0.25, 0.3) is 6.08 Å². The van der Waals surface area contributed by atoms with E-state index in [1.54, 1.807) is 20.3 Å². The lowest BCUT2D eigenvalue weighted by atomic mass is 10.1. The van der Waals surface area contributed by atoms with E-state index in [1.165, 1.54) is 29.7 Å². The molecule has 0 aromatic heterocycles. The van der Waals surface area contributed by atoms with Crippen molar-refractivity contribution >= 4 is 17.7 Å². The van der Waals surface area contributed by atoms with Crippen LogP contribution in [0.4, 0.5) is 5.69 Å². The van der Waals surface area contributed by atoms with Crippen molar-refractivity contribution in [3.05, 3.63) is 53.1 Å². The fraction of sp³-hybridized carbons (Fsp3) is 0.483. The van der Waals surface area contributed by atoms with Gasteiger partial charge < -0.3 is 24.0 Å². The topological polar surface area (TPSA) is 51.2 Å². The summed E-state index contributed by atoms with van der Waals surface area (Å²) >= 11 is 0. The Kier molecular flexibility index (Phi) is 9.88. The standard InChI is InChI=1S/C29H40N2O4/c1-6-7-8-9-18-35-29-26(33-4)20-24(21-27(29)34-5)11-13-28(32)31-16-14-30(15-17-31)25-12-10-22(2)19-23(25)3/h10-13,19-21H,6-9,14-18H2,1-5H3/b13-11+. The molecule has 1 heterocycles. The van der Waals surface area contributed by atoms with Gasteiger partial charge in [0.05, 0.1) is 20.8 Å². The summed E-state index contributed by atoms with van der Waals surface area (Å²) in [5.74, 6) is 1.83. The van der Waals surface area contributed by atoms with E-state index in [9.17, 15) is 4.79 Å². The molecular weight excluding hydrogens is 440 g/mol. The van der Waals surface area contributed by atoms with E-state index >= 15 is 0 Å². The summed E-state index contributed by atoms with van der Waals surface area (Å²) in [6.45, 7) is 10.1. The number of nitrogens with zero attached hydrogens (tertiary/aromatic N) is 2. The number of rotatable bonds is 11. The van der Waals surface area contributed by atoms with Crippen molar-refractivity contribution in [3.63, 3.8) is 0 Å². The van der Waals surface area contributed by atoms with E-state index in [4.69, 9.17) is 14.2 Å². The molecule has 1 amide bonds. The van der Waals surface area contributed by atoms with Crippen molar-refractivity contribution in [2.75, 3.05) is 51.9 Å². The Morgan fingerprint density at radius 3 is 2.23 bits per heavy atom. The fourth-order valence-electron chi connectivity index (χ4n) is 4.44. The first-order valence-electron chi connectivity index (χ1n) is 12.6. The second-order valence-corrected chi connectivity index (χ2v) is 9.10. The van der Waals surface area contributed by atoms with Gasteiger partial charge in [-0.05, 0) is 55.7 Å². The molecule has 0 bridgehead atoms. The Bertz CT molecular complexity index is 985. The number of ether oxygens (including phenoxy) is 3. The van der Waals surface area contributed by atoms with Crippen LogP contribution in [0, 0.1) is 13.8 Å². The molecule has 1 aliphatic rings. The highest BCUT2D eigenvalue weighted by atomic mass is 16.5. The van der Waals surface area contributed by atoms with Gasteiger partial charge in [-0.15, -0.1) is 0 Å². The summed E-state index contributed by atoms with van der Waals surface area (Å²) < 4.78 is 17.1. The predicted octanol–water partition coefficient (Wildman–Crippen LogP) is 5.64. The van der Waals surface area contributed by atoms with Gasteiger partial charge in [-0.3, -0.25) is 4.79 Å². The smallest absolute Gasteiger partial charge is 0.246 e. The first-order valence-corrected chi connectivity index (χ1v) is 12.6. The zero-order chi connectivity index (χ0) is 25.2. The number of hydrogen-bond donors (Lipinski definition) is 0. The van der Waals surface area contributed by atoms with Gasteiger partial charge in [0.15, 0.2) is 11.5 Å². The summed E-state index contributed by atoms with van der Waals surface area (Å²) in [4.78, 5) is 17.1. The number of carbonyl (C=O) groups is 1. The number of hydrogen-bond acceptors (Lipinski definition) is 5. The molecule has 0 N–H and O–H groups in total. The second-order valence-electron chi connectivity index (χ2n) is 9.10. The molecule has 1 fully saturated rings. The molecule has 6 nitrogen and oxygen atoms in total. The minimum Gasteiger partial charge on any atom is -0.493 e. The Labute approximate surface area is 210 Å². The SMILES string of the molecule is CCCCCCOc1c(OC)cc(/C=C/C(=O)N2CCN(c3ccc(C)cc3C)CC2)cc1OC. The largest absolute Gasteiger partial charge is 0.493 e. The highest BCUT2D eigenvalue weighted by Crippen LogP contribution is 2.39. The first kappa shape index (κ1) is 26.5. The number of unbranched alkanes of at least 4 members (excludes halogenated alkanes) is 3. The summed E-state index contributed by atoms with van der Waals surface area (Å²) in [6, 6.07) is 10.3. The number of piperazine rings is 1. The van der Waals surface area contributed by atoms with Crippen LogP contribution in [0.3, 0.4) is 0 Å². The van der Waals surface area contributed by atoms with E-state index in [0.717, 1.165) is 31.5 Å². The summed E-state index contributed by atoms with van der Waals surface area (Å²) in [6.07, 6.45) is 7.97. The third-order valence-electron chi connectivity index (χ3n) is 6.43. The number of anilines is 1. The minimum absolute atomic E-state index is 0.0134. The molecule has 6 heteroatoms. The van der Waals surface area contributed by atoms with Crippen LogP contribution >= 0.6 is 0 Å².